The summed E-state index contributed by atoms with van der Waals surface area (Å²) in [6, 6.07) is 2.10. The van der Waals surface area contributed by atoms with Gasteiger partial charge in [-0.15, -0.1) is 0 Å². The summed E-state index contributed by atoms with van der Waals surface area (Å²) in [6.07, 6.45) is 3.27. The van der Waals surface area contributed by atoms with Crippen LogP contribution in [0.3, 0.4) is 0 Å². The first-order chi connectivity index (χ1) is 16.9. The van der Waals surface area contributed by atoms with E-state index < -0.39 is 11.2 Å². The SMILES string of the molecule is CC.CC.CC(C)(C)OC(=O)NCCCNCCCCN(CCCNCCC#N)C(=O)OC(C)(C)C. The number of alkyl carbamates (subject to hydrolysis) is 1. The molecule has 0 atom stereocenters. The maximum Gasteiger partial charge on any atom is 0.410 e. The molecule has 0 aliphatic carbocycles. The lowest BCUT2D eigenvalue weighted by atomic mass is 10.2. The van der Waals surface area contributed by atoms with Gasteiger partial charge in [0.05, 0.1) is 6.07 Å². The van der Waals surface area contributed by atoms with E-state index in [2.05, 4.69) is 22.0 Å². The number of ether oxygens (including phenoxy) is 2. The monoisotopic (exact) mass is 515 g/mol. The molecule has 9 heteroatoms. The number of nitrogens with one attached hydrogen (secondary N) is 3. The summed E-state index contributed by atoms with van der Waals surface area (Å²) in [5.41, 5.74) is -1.00. The predicted octanol–water partition coefficient (Wildman–Crippen LogP) is 5.45. The van der Waals surface area contributed by atoms with Gasteiger partial charge in [0.2, 0.25) is 0 Å². The van der Waals surface area contributed by atoms with Crippen molar-refractivity contribution in [2.45, 2.75) is 113 Å². The van der Waals surface area contributed by atoms with Gasteiger partial charge in [-0.05, 0) is 86.9 Å². The Morgan fingerprint density at radius 2 is 1.22 bits per heavy atom. The molecule has 9 nitrogen and oxygen atoms in total. The largest absolute Gasteiger partial charge is 0.444 e. The summed E-state index contributed by atoms with van der Waals surface area (Å²) < 4.78 is 10.7. The average Bonchev–Trinajstić information content (AvgIpc) is 2.79. The summed E-state index contributed by atoms with van der Waals surface area (Å²) >= 11 is 0. The molecule has 214 valence electrons. The molecule has 0 aromatic rings. The van der Waals surface area contributed by atoms with E-state index in [4.69, 9.17) is 14.7 Å². The van der Waals surface area contributed by atoms with Crippen molar-refractivity contribution in [3.8, 4) is 6.07 Å². The first kappa shape index (κ1) is 38.5. The van der Waals surface area contributed by atoms with Crippen molar-refractivity contribution in [3.05, 3.63) is 0 Å². The van der Waals surface area contributed by atoms with E-state index in [9.17, 15) is 9.59 Å². The van der Waals surface area contributed by atoms with E-state index in [1.165, 1.54) is 0 Å². The second-order valence-corrected chi connectivity index (χ2v) is 9.72. The Kier molecular flexibility index (Phi) is 26.3. The normalized spacial score (nSPS) is 10.6. The van der Waals surface area contributed by atoms with Crippen LogP contribution in [0.4, 0.5) is 9.59 Å². The van der Waals surface area contributed by atoms with Gasteiger partial charge in [0.1, 0.15) is 11.2 Å². The number of hydrogen-bond donors (Lipinski definition) is 3. The molecule has 0 spiro atoms. The molecule has 0 fully saturated rings. The highest BCUT2D eigenvalue weighted by atomic mass is 16.6. The van der Waals surface area contributed by atoms with Crippen LogP contribution in [-0.2, 0) is 9.47 Å². The highest BCUT2D eigenvalue weighted by Crippen LogP contribution is 2.11. The maximum absolute atomic E-state index is 12.5. The minimum atomic E-state index is -0.519. The van der Waals surface area contributed by atoms with E-state index in [1.54, 1.807) is 4.90 Å². The molecule has 0 saturated carbocycles. The van der Waals surface area contributed by atoms with E-state index in [0.717, 1.165) is 45.3 Å². The maximum atomic E-state index is 12.5. The fourth-order valence-corrected chi connectivity index (χ4v) is 2.68. The van der Waals surface area contributed by atoms with Gasteiger partial charge in [-0.1, -0.05) is 27.7 Å². The smallest absolute Gasteiger partial charge is 0.410 e. The Hall–Kier alpha value is -2.05. The second-order valence-electron chi connectivity index (χ2n) is 9.72. The molecule has 0 saturated heterocycles. The second kappa shape index (κ2) is 24.6. The van der Waals surface area contributed by atoms with E-state index in [0.29, 0.717) is 32.6 Å². The molecule has 0 aromatic heterocycles. The van der Waals surface area contributed by atoms with Crippen LogP contribution < -0.4 is 16.0 Å². The number of rotatable bonds is 15. The third-order valence-corrected chi connectivity index (χ3v) is 4.08. The van der Waals surface area contributed by atoms with Crippen molar-refractivity contribution in [2.24, 2.45) is 0 Å². The first-order valence-corrected chi connectivity index (χ1v) is 13.7. The molecule has 0 aliphatic heterocycles. The molecular formula is C27H57N5O4. The van der Waals surface area contributed by atoms with Gasteiger partial charge < -0.3 is 30.3 Å². The lowest BCUT2D eigenvalue weighted by Gasteiger charge is -2.27. The Labute approximate surface area is 222 Å². The number of hydrogen-bond acceptors (Lipinski definition) is 7. The zero-order valence-electron chi connectivity index (χ0n) is 25.0. The fourth-order valence-electron chi connectivity index (χ4n) is 2.68. The number of nitrogens with zero attached hydrogens (tertiary/aromatic N) is 2. The third-order valence-electron chi connectivity index (χ3n) is 4.08. The summed E-state index contributed by atoms with van der Waals surface area (Å²) in [7, 11) is 0. The molecule has 0 unspecified atom stereocenters. The summed E-state index contributed by atoms with van der Waals surface area (Å²) in [5, 5.41) is 17.9. The minimum Gasteiger partial charge on any atom is -0.444 e. The quantitative estimate of drug-likeness (QED) is 0.248. The number of carbonyl (C=O) groups is 2. The van der Waals surface area contributed by atoms with Crippen molar-refractivity contribution >= 4 is 12.2 Å². The molecule has 36 heavy (non-hydrogen) atoms. The summed E-state index contributed by atoms with van der Waals surface area (Å²) in [6.45, 7) is 24.1. The standard InChI is InChI=1S/C23H45N5O4.2C2H6/c1-22(2,3)31-20(29)27-17-10-15-25-13-7-8-18-28(21(30)32-23(4,5)6)19-11-16-26-14-9-12-24;2*1-2/h25-26H,7-11,13-19H2,1-6H3,(H,27,29);2*1-2H3. The molecule has 0 bridgehead atoms. The topological polar surface area (TPSA) is 116 Å². The third kappa shape index (κ3) is 30.0. The molecule has 0 aromatic carbocycles. The Balaban J connectivity index is -0.00000258. The lowest BCUT2D eigenvalue weighted by Crippen LogP contribution is -2.39. The van der Waals surface area contributed by atoms with Crippen molar-refractivity contribution in [3.63, 3.8) is 0 Å². The highest BCUT2D eigenvalue weighted by molar-refractivity contribution is 5.68. The van der Waals surface area contributed by atoms with E-state index in [1.807, 2.05) is 69.2 Å². The van der Waals surface area contributed by atoms with Crippen LogP contribution in [-0.4, -0.2) is 74.1 Å². The van der Waals surface area contributed by atoms with Gasteiger partial charge in [-0.2, -0.15) is 5.26 Å². The summed E-state index contributed by atoms with van der Waals surface area (Å²) in [4.78, 5) is 25.8. The molecule has 0 rings (SSSR count). The van der Waals surface area contributed by atoms with Crippen molar-refractivity contribution < 1.29 is 19.1 Å². The van der Waals surface area contributed by atoms with Gasteiger partial charge in [0.25, 0.3) is 0 Å². The van der Waals surface area contributed by atoms with Crippen molar-refractivity contribution in [1.29, 1.82) is 5.26 Å². The molecular weight excluding hydrogens is 458 g/mol. The minimum absolute atomic E-state index is 0.282. The van der Waals surface area contributed by atoms with Crippen LogP contribution in [0.2, 0.25) is 0 Å². The van der Waals surface area contributed by atoms with Gasteiger partial charge in [-0.3, -0.25) is 0 Å². The first-order valence-electron chi connectivity index (χ1n) is 13.7. The van der Waals surface area contributed by atoms with Crippen LogP contribution in [0, 0.1) is 11.3 Å². The number of carbonyl (C=O) groups excluding carboxylic acids is 2. The number of unbranched alkanes of at least 4 members (excludes halogenated alkanes) is 1. The lowest BCUT2D eigenvalue weighted by molar-refractivity contribution is 0.0244. The van der Waals surface area contributed by atoms with Gasteiger partial charge in [0.15, 0.2) is 0 Å². The van der Waals surface area contributed by atoms with Crippen LogP contribution in [0.25, 0.3) is 0 Å². The van der Waals surface area contributed by atoms with Gasteiger partial charge in [-0.25, -0.2) is 9.59 Å². The van der Waals surface area contributed by atoms with Crippen LogP contribution in [0.15, 0.2) is 0 Å². The van der Waals surface area contributed by atoms with E-state index >= 15 is 0 Å². The summed E-state index contributed by atoms with van der Waals surface area (Å²) in [5.74, 6) is 0. The van der Waals surface area contributed by atoms with Crippen LogP contribution in [0.5, 0.6) is 0 Å². The van der Waals surface area contributed by atoms with Gasteiger partial charge in [0, 0.05) is 32.6 Å². The van der Waals surface area contributed by atoms with Crippen molar-refractivity contribution in [2.75, 3.05) is 45.8 Å². The van der Waals surface area contributed by atoms with Crippen molar-refractivity contribution in [1.82, 2.24) is 20.9 Å². The molecule has 0 heterocycles. The zero-order valence-corrected chi connectivity index (χ0v) is 25.0. The van der Waals surface area contributed by atoms with Gasteiger partial charge >= 0.3 is 12.2 Å². The predicted molar refractivity (Wildman–Crippen MR) is 149 cm³/mol. The Morgan fingerprint density at radius 3 is 1.78 bits per heavy atom. The zero-order chi connectivity index (χ0) is 28.5. The molecule has 0 aliphatic rings. The van der Waals surface area contributed by atoms with Crippen LogP contribution >= 0.6 is 0 Å². The Bertz CT molecular complexity index is 566. The van der Waals surface area contributed by atoms with E-state index in [-0.39, 0.29) is 12.2 Å². The molecule has 0 radical (unpaired) electrons. The average molecular weight is 516 g/mol. The highest BCUT2D eigenvalue weighted by Gasteiger charge is 2.21. The van der Waals surface area contributed by atoms with Crippen LogP contribution in [0.1, 0.15) is 101 Å². The number of amides is 2. The molecule has 3 N–H and O–H groups in total. The molecule has 2 amide bonds. The Morgan fingerprint density at radius 1 is 0.722 bits per heavy atom. The number of nitriles is 1. The fraction of sp³-hybridized carbons (Fsp3) is 0.889.